The van der Waals surface area contributed by atoms with Gasteiger partial charge in [-0.25, -0.2) is 8.78 Å². The second-order valence-corrected chi connectivity index (χ2v) is 5.38. The number of benzene rings is 3. The molecular formula is C19H15F2NO2. The van der Waals surface area contributed by atoms with Gasteiger partial charge in [-0.2, -0.15) is 0 Å². The summed E-state index contributed by atoms with van der Waals surface area (Å²) >= 11 is 0. The molecule has 1 atom stereocenters. The Morgan fingerprint density at radius 3 is 2.50 bits per heavy atom. The number of anilines is 1. The summed E-state index contributed by atoms with van der Waals surface area (Å²) in [7, 11) is 0. The second kappa shape index (κ2) is 6.66. The summed E-state index contributed by atoms with van der Waals surface area (Å²) < 4.78 is 32.1. The number of amides is 1. The van der Waals surface area contributed by atoms with Crippen molar-refractivity contribution in [1.82, 2.24) is 0 Å². The Morgan fingerprint density at radius 2 is 1.75 bits per heavy atom. The molecule has 0 unspecified atom stereocenters. The van der Waals surface area contributed by atoms with Gasteiger partial charge in [0.15, 0.2) is 6.10 Å². The highest BCUT2D eigenvalue weighted by Gasteiger charge is 2.17. The minimum atomic E-state index is -0.837. The van der Waals surface area contributed by atoms with E-state index in [1.807, 2.05) is 36.4 Å². The lowest BCUT2D eigenvalue weighted by molar-refractivity contribution is -0.122. The van der Waals surface area contributed by atoms with Gasteiger partial charge in [-0.05, 0) is 42.0 Å². The molecule has 0 heterocycles. The molecule has 3 aromatic rings. The average molecular weight is 327 g/mol. The molecule has 0 fully saturated rings. The SMILES string of the molecule is C[C@H](Oc1ccc2ccccc2c1)C(=O)Nc1ccc(F)cc1F. The number of rotatable bonds is 4. The van der Waals surface area contributed by atoms with Gasteiger partial charge in [0, 0.05) is 6.07 Å². The first-order valence-corrected chi connectivity index (χ1v) is 7.44. The first kappa shape index (κ1) is 15.9. The summed E-state index contributed by atoms with van der Waals surface area (Å²) in [6.07, 6.45) is -0.837. The van der Waals surface area contributed by atoms with Gasteiger partial charge in [-0.3, -0.25) is 4.79 Å². The van der Waals surface area contributed by atoms with Crippen molar-refractivity contribution in [3.05, 3.63) is 72.3 Å². The van der Waals surface area contributed by atoms with Crippen molar-refractivity contribution in [2.24, 2.45) is 0 Å². The van der Waals surface area contributed by atoms with Gasteiger partial charge in [-0.15, -0.1) is 0 Å². The quantitative estimate of drug-likeness (QED) is 0.765. The molecule has 5 heteroatoms. The molecule has 0 saturated carbocycles. The number of carbonyl (C=O) groups is 1. The first-order chi connectivity index (χ1) is 11.5. The smallest absolute Gasteiger partial charge is 0.265 e. The van der Waals surface area contributed by atoms with Gasteiger partial charge in [0.2, 0.25) is 0 Å². The van der Waals surface area contributed by atoms with Crippen LogP contribution >= 0.6 is 0 Å². The van der Waals surface area contributed by atoms with Crippen molar-refractivity contribution >= 4 is 22.4 Å². The van der Waals surface area contributed by atoms with Crippen LogP contribution in [0.15, 0.2) is 60.7 Å². The van der Waals surface area contributed by atoms with Crippen LogP contribution in [-0.2, 0) is 4.79 Å². The molecule has 3 nitrogen and oxygen atoms in total. The van der Waals surface area contributed by atoms with Crippen LogP contribution < -0.4 is 10.1 Å². The lowest BCUT2D eigenvalue weighted by atomic mass is 10.1. The highest BCUT2D eigenvalue weighted by atomic mass is 19.1. The predicted octanol–water partition coefficient (Wildman–Crippen LogP) is 4.52. The van der Waals surface area contributed by atoms with E-state index in [1.54, 1.807) is 13.0 Å². The number of nitrogens with one attached hydrogen (secondary N) is 1. The largest absolute Gasteiger partial charge is 0.481 e. The molecular weight excluding hydrogens is 312 g/mol. The molecule has 0 spiro atoms. The third-order valence-electron chi connectivity index (χ3n) is 3.59. The summed E-state index contributed by atoms with van der Waals surface area (Å²) in [6, 6.07) is 16.2. The third-order valence-corrected chi connectivity index (χ3v) is 3.59. The van der Waals surface area contributed by atoms with Crippen LogP contribution in [0.2, 0.25) is 0 Å². The normalized spacial score (nSPS) is 12.0. The van der Waals surface area contributed by atoms with Crippen LogP contribution in [0.3, 0.4) is 0 Å². The summed E-state index contributed by atoms with van der Waals surface area (Å²) in [5.74, 6) is -1.52. The standard InChI is InChI=1S/C19H15F2NO2/c1-12(19(23)22-18-9-7-15(20)11-17(18)21)24-16-8-6-13-4-2-3-5-14(13)10-16/h2-12H,1H3,(H,22,23)/t12-/m0/s1. The molecule has 24 heavy (non-hydrogen) atoms. The van der Waals surface area contributed by atoms with E-state index in [1.165, 1.54) is 6.07 Å². The lowest BCUT2D eigenvalue weighted by Gasteiger charge is -2.15. The van der Waals surface area contributed by atoms with E-state index in [4.69, 9.17) is 4.74 Å². The molecule has 3 rings (SSSR count). The van der Waals surface area contributed by atoms with Gasteiger partial charge < -0.3 is 10.1 Å². The van der Waals surface area contributed by atoms with E-state index >= 15 is 0 Å². The van der Waals surface area contributed by atoms with Crippen molar-refractivity contribution in [2.75, 3.05) is 5.32 Å². The fraction of sp³-hybridized carbons (Fsp3) is 0.105. The number of fused-ring (bicyclic) bond motifs is 1. The van der Waals surface area contributed by atoms with Gasteiger partial charge >= 0.3 is 0 Å². The third kappa shape index (κ3) is 3.51. The molecule has 0 radical (unpaired) electrons. The first-order valence-electron chi connectivity index (χ1n) is 7.44. The van der Waals surface area contributed by atoms with Crippen molar-refractivity contribution in [2.45, 2.75) is 13.0 Å². The van der Waals surface area contributed by atoms with E-state index in [0.29, 0.717) is 11.8 Å². The van der Waals surface area contributed by atoms with Crippen LogP contribution in [-0.4, -0.2) is 12.0 Å². The molecule has 0 aliphatic rings. The fourth-order valence-corrected chi connectivity index (χ4v) is 2.32. The molecule has 0 aliphatic carbocycles. The second-order valence-electron chi connectivity index (χ2n) is 5.38. The van der Waals surface area contributed by atoms with Crippen molar-refractivity contribution in [3.8, 4) is 5.75 Å². The maximum Gasteiger partial charge on any atom is 0.265 e. The zero-order valence-electron chi connectivity index (χ0n) is 12.9. The number of carbonyl (C=O) groups excluding carboxylic acids is 1. The minimum Gasteiger partial charge on any atom is -0.481 e. The highest BCUT2D eigenvalue weighted by molar-refractivity contribution is 5.94. The molecule has 1 N–H and O–H groups in total. The van der Waals surface area contributed by atoms with E-state index in [0.717, 1.165) is 16.8 Å². The predicted molar refractivity (Wildman–Crippen MR) is 89.0 cm³/mol. The van der Waals surface area contributed by atoms with Crippen molar-refractivity contribution in [3.63, 3.8) is 0 Å². The summed E-state index contributed by atoms with van der Waals surface area (Å²) in [5, 5.41) is 4.45. The average Bonchev–Trinajstić information content (AvgIpc) is 2.57. The molecule has 0 aliphatic heterocycles. The van der Waals surface area contributed by atoms with Gasteiger partial charge in [0.05, 0.1) is 5.69 Å². The Balaban J connectivity index is 1.70. The molecule has 0 bridgehead atoms. The fourth-order valence-electron chi connectivity index (χ4n) is 2.32. The Morgan fingerprint density at radius 1 is 1.00 bits per heavy atom. The van der Waals surface area contributed by atoms with Crippen LogP contribution in [0.4, 0.5) is 14.5 Å². The van der Waals surface area contributed by atoms with Gasteiger partial charge in [0.25, 0.3) is 5.91 Å². The zero-order chi connectivity index (χ0) is 17.1. The molecule has 3 aromatic carbocycles. The number of hydrogen-bond donors (Lipinski definition) is 1. The lowest BCUT2D eigenvalue weighted by Crippen LogP contribution is -2.30. The maximum absolute atomic E-state index is 13.6. The molecule has 0 saturated heterocycles. The Hall–Kier alpha value is -2.95. The molecule has 122 valence electrons. The Labute approximate surface area is 137 Å². The van der Waals surface area contributed by atoms with Crippen molar-refractivity contribution in [1.29, 1.82) is 0 Å². The highest BCUT2D eigenvalue weighted by Crippen LogP contribution is 2.22. The summed E-state index contributed by atoms with van der Waals surface area (Å²) in [5.41, 5.74) is -0.0876. The van der Waals surface area contributed by atoms with Crippen LogP contribution in [0.1, 0.15) is 6.92 Å². The molecule has 1 amide bonds. The number of halogens is 2. The van der Waals surface area contributed by atoms with E-state index in [2.05, 4.69) is 5.32 Å². The Bertz CT molecular complexity index is 895. The van der Waals surface area contributed by atoms with E-state index in [-0.39, 0.29) is 5.69 Å². The van der Waals surface area contributed by atoms with Gasteiger partial charge in [0.1, 0.15) is 17.4 Å². The van der Waals surface area contributed by atoms with Crippen LogP contribution in [0.5, 0.6) is 5.75 Å². The maximum atomic E-state index is 13.6. The monoisotopic (exact) mass is 327 g/mol. The summed E-state index contributed by atoms with van der Waals surface area (Å²) in [6.45, 7) is 1.56. The summed E-state index contributed by atoms with van der Waals surface area (Å²) in [4.78, 5) is 12.1. The van der Waals surface area contributed by atoms with E-state index < -0.39 is 23.6 Å². The number of ether oxygens (including phenoxy) is 1. The van der Waals surface area contributed by atoms with Crippen LogP contribution in [0.25, 0.3) is 10.8 Å². The zero-order valence-corrected chi connectivity index (χ0v) is 12.9. The van der Waals surface area contributed by atoms with Crippen LogP contribution in [0, 0.1) is 11.6 Å². The molecule has 0 aromatic heterocycles. The van der Waals surface area contributed by atoms with E-state index in [9.17, 15) is 13.6 Å². The van der Waals surface area contributed by atoms with Crippen molar-refractivity contribution < 1.29 is 18.3 Å². The number of hydrogen-bond acceptors (Lipinski definition) is 2. The topological polar surface area (TPSA) is 38.3 Å². The van der Waals surface area contributed by atoms with Gasteiger partial charge in [-0.1, -0.05) is 30.3 Å². The minimum absolute atomic E-state index is 0.0876. The Kier molecular flexibility index (Phi) is 4.42.